The molecule has 1 aromatic rings. The van der Waals surface area contributed by atoms with Crippen LogP contribution in [0.15, 0.2) is 30.3 Å². The highest BCUT2D eigenvalue weighted by atomic mass is 16.2. The minimum atomic E-state index is 0.282. The van der Waals surface area contributed by atoms with Crippen molar-refractivity contribution in [1.29, 1.82) is 0 Å². The van der Waals surface area contributed by atoms with Gasteiger partial charge in [0.1, 0.15) is 0 Å². The molecule has 1 atom stereocenters. The Hall–Kier alpha value is -1.51. The molecule has 1 heterocycles. The molecular weight excluding hydrogens is 224 g/mol. The SMILES string of the molecule is C[C@@H]1CCCN(C(=O)CCNc2ccccc2)C1. The van der Waals surface area contributed by atoms with Gasteiger partial charge in [0.2, 0.25) is 5.91 Å². The first-order valence-corrected chi connectivity index (χ1v) is 6.82. The summed E-state index contributed by atoms with van der Waals surface area (Å²) in [6, 6.07) is 10.0. The van der Waals surface area contributed by atoms with E-state index in [0.29, 0.717) is 18.9 Å². The van der Waals surface area contributed by atoms with Crippen LogP contribution in [-0.4, -0.2) is 30.4 Å². The number of piperidine rings is 1. The zero-order valence-electron chi connectivity index (χ0n) is 11.1. The van der Waals surface area contributed by atoms with Gasteiger partial charge in [-0.3, -0.25) is 4.79 Å². The number of rotatable bonds is 4. The number of para-hydroxylation sites is 1. The van der Waals surface area contributed by atoms with Crippen LogP contribution >= 0.6 is 0 Å². The number of hydrogen-bond donors (Lipinski definition) is 1. The van der Waals surface area contributed by atoms with E-state index in [1.54, 1.807) is 0 Å². The van der Waals surface area contributed by atoms with Crippen molar-refractivity contribution in [2.75, 3.05) is 25.0 Å². The lowest BCUT2D eigenvalue weighted by atomic mass is 10.00. The van der Waals surface area contributed by atoms with Gasteiger partial charge in [0.25, 0.3) is 0 Å². The van der Waals surface area contributed by atoms with Crippen molar-refractivity contribution in [3.05, 3.63) is 30.3 Å². The van der Waals surface area contributed by atoms with Gasteiger partial charge in [-0.05, 0) is 30.9 Å². The fourth-order valence-corrected chi connectivity index (χ4v) is 2.44. The second-order valence-corrected chi connectivity index (χ2v) is 5.13. The van der Waals surface area contributed by atoms with Crippen LogP contribution in [0.1, 0.15) is 26.2 Å². The largest absolute Gasteiger partial charge is 0.385 e. The molecule has 1 aliphatic heterocycles. The highest BCUT2D eigenvalue weighted by molar-refractivity contribution is 5.76. The van der Waals surface area contributed by atoms with Crippen molar-refractivity contribution in [1.82, 2.24) is 4.90 Å². The number of hydrogen-bond acceptors (Lipinski definition) is 2. The van der Waals surface area contributed by atoms with Crippen LogP contribution in [-0.2, 0) is 4.79 Å². The lowest BCUT2D eigenvalue weighted by molar-refractivity contribution is -0.132. The second-order valence-electron chi connectivity index (χ2n) is 5.13. The molecule has 0 radical (unpaired) electrons. The van der Waals surface area contributed by atoms with E-state index in [0.717, 1.165) is 25.2 Å². The van der Waals surface area contributed by atoms with Gasteiger partial charge in [-0.2, -0.15) is 0 Å². The van der Waals surface area contributed by atoms with Gasteiger partial charge >= 0.3 is 0 Å². The molecule has 3 nitrogen and oxygen atoms in total. The Kier molecular flexibility index (Phi) is 4.62. The number of nitrogens with one attached hydrogen (secondary N) is 1. The van der Waals surface area contributed by atoms with Crippen LogP contribution in [0.25, 0.3) is 0 Å². The van der Waals surface area contributed by atoms with Gasteiger partial charge < -0.3 is 10.2 Å². The summed E-state index contributed by atoms with van der Waals surface area (Å²) in [7, 11) is 0. The van der Waals surface area contributed by atoms with Gasteiger partial charge in [0, 0.05) is 31.7 Å². The first-order valence-electron chi connectivity index (χ1n) is 6.82. The van der Waals surface area contributed by atoms with Crippen LogP contribution in [0, 0.1) is 5.92 Å². The summed E-state index contributed by atoms with van der Waals surface area (Å²) in [5, 5.41) is 3.28. The second kappa shape index (κ2) is 6.43. The maximum atomic E-state index is 12.0. The summed E-state index contributed by atoms with van der Waals surface area (Å²) in [6.07, 6.45) is 2.99. The van der Waals surface area contributed by atoms with Gasteiger partial charge in [0.15, 0.2) is 0 Å². The van der Waals surface area contributed by atoms with Crippen LogP contribution in [0.3, 0.4) is 0 Å². The average molecular weight is 246 g/mol. The van der Waals surface area contributed by atoms with E-state index in [-0.39, 0.29) is 5.91 Å². The standard InChI is InChI=1S/C15H22N2O/c1-13-6-5-11-17(12-13)15(18)9-10-16-14-7-3-2-4-8-14/h2-4,7-8,13,16H,5-6,9-12H2,1H3/t13-/m1/s1. The third-order valence-electron chi connectivity index (χ3n) is 3.45. The molecule has 18 heavy (non-hydrogen) atoms. The summed E-state index contributed by atoms with van der Waals surface area (Å²) < 4.78 is 0. The molecule has 0 bridgehead atoms. The molecule has 3 heteroatoms. The molecule has 0 spiro atoms. The monoisotopic (exact) mass is 246 g/mol. The number of nitrogens with zero attached hydrogens (tertiary/aromatic N) is 1. The molecule has 1 amide bonds. The number of amides is 1. The topological polar surface area (TPSA) is 32.3 Å². The smallest absolute Gasteiger partial charge is 0.224 e. The van der Waals surface area contributed by atoms with Crippen molar-refractivity contribution in [2.24, 2.45) is 5.92 Å². The van der Waals surface area contributed by atoms with Crippen molar-refractivity contribution in [3.63, 3.8) is 0 Å². The van der Waals surface area contributed by atoms with E-state index in [9.17, 15) is 4.79 Å². The third-order valence-corrected chi connectivity index (χ3v) is 3.45. The maximum Gasteiger partial charge on any atom is 0.224 e. The average Bonchev–Trinajstić information content (AvgIpc) is 2.40. The quantitative estimate of drug-likeness (QED) is 0.886. The van der Waals surface area contributed by atoms with Gasteiger partial charge in [-0.25, -0.2) is 0 Å². The minimum Gasteiger partial charge on any atom is -0.385 e. The van der Waals surface area contributed by atoms with Crippen LogP contribution in [0.5, 0.6) is 0 Å². The Labute approximate surface area is 109 Å². The summed E-state index contributed by atoms with van der Waals surface area (Å²) in [5.41, 5.74) is 1.08. The van der Waals surface area contributed by atoms with Crippen molar-refractivity contribution < 1.29 is 4.79 Å². The first kappa shape index (κ1) is 12.9. The summed E-state index contributed by atoms with van der Waals surface area (Å²) in [6.45, 7) is 4.81. The molecule has 0 unspecified atom stereocenters. The Morgan fingerprint density at radius 3 is 2.89 bits per heavy atom. The molecule has 2 rings (SSSR count). The normalized spacial score (nSPS) is 19.6. The number of anilines is 1. The van der Waals surface area contributed by atoms with E-state index < -0.39 is 0 Å². The molecular formula is C15H22N2O. The van der Waals surface area contributed by atoms with Crippen LogP contribution < -0.4 is 5.32 Å². The van der Waals surface area contributed by atoms with Gasteiger partial charge in [0.05, 0.1) is 0 Å². The van der Waals surface area contributed by atoms with Gasteiger partial charge in [-0.1, -0.05) is 25.1 Å². The molecule has 1 N–H and O–H groups in total. The molecule has 0 aliphatic carbocycles. The van der Waals surface area contributed by atoms with Gasteiger partial charge in [-0.15, -0.1) is 0 Å². The molecule has 1 saturated heterocycles. The fourth-order valence-electron chi connectivity index (χ4n) is 2.44. The summed E-state index contributed by atoms with van der Waals surface area (Å²) >= 11 is 0. The number of carbonyl (C=O) groups is 1. The molecule has 1 aliphatic rings. The highest BCUT2D eigenvalue weighted by Crippen LogP contribution is 2.16. The molecule has 0 saturated carbocycles. The number of benzene rings is 1. The molecule has 0 aromatic heterocycles. The van der Waals surface area contributed by atoms with Crippen molar-refractivity contribution in [2.45, 2.75) is 26.2 Å². The zero-order chi connectivity index (χ0) is 12.8. The maximum absolute atomic E-state index is 12.0. The molecule has 1 fully saturated rings. The lowest BCUT2D eigenvalue weighted by Gasteiger charge is -2.31. The van der Waals surface area contributed by atoms with Crippen molar-refractivity contribution in [3.8, 4) is 0 Å². The zero-order valence-corrected chi connectivity index (χ0v) is 11.1. The van der Waals surface area contributed by atoms with E-state index in [2.05, 4.69) is 12.2 Å². The number of carbonyl (C=O) groups excluding carboxylic acids is 1. The first-order chi connectivity index (χ1) is 8.75. The fraction of sp³-hybridized carbons (Fsp3) is 0.533. The third kappa shape index (κ3) is 3.76. The summed E-state index contributed by atoms with van der Waals surface area (Å²) in [5.74, 6) is 0.940. The van der Waals surface area contributed by atoms with E-state index >= 15 is 0 Å². The molecule has 1 aromatic carbocycles. The van der Waals surface area contributed by atoms with E-state index in [4.69, 9.17) is 0 Å². The van der Waals surface area contributed by atoms with Crippen molar-refractivity contribution >= 4 is 11.6 Å². The predicted molar refractivity (Wildman–Crippen MR) is 74.5 cm³/mol. The Balaban J connectivity index is 1.71. The Morgan fingerprint density at radius 2 is 2.17 bits per heavy atom. The van der Waals surface area contributed by atoms with Crippen LogP contribution in [0.2, 0.25) is 0 Å². The van der Waals surface area contributed by atoms with E-state index in [1.807, 2.05) is 35.2 Å². The highest BCUT2D eigenvalue weighted by Gasteiger charge is 2.20. The number of likely N-dealkylation sites (tertiary alicyclic amines) is 1. The summed E-state index contributed by atoms with van der Waals surface area (Å²) in [4.78, 5) is 14.0. The Bertz CT molecular complexity index is 377. The minimum absolute atomic E-state index is 0.282. The lowest BCUT2D eigenvalue weighted by Crippen LogP contribution is -2.39. The van der Waals surface area contributed by atoms with E-state index in [1.165, 1.54) is 6.42 Å². The van der Waals surface area contributed by atoms with Crippen LogP contribution in [0.4, 0.5) is 5.69 Å². The molecule has 98 valence electrons. The predicted octanol–water partition coefficient (Wildman–Crippen LogP) is 2.75. The Morgan fingerprint density at radius 1 is 1.39 bits per heavy atom.